The first-order valence-electron chi connectivity index (χ1n) is 7.76. The molecule has 0 spiro atoms. The molecule has 2 amide bonds. The molecule has 1 atom stereocenters. The molecule has 2 aromatic rings. The van der Waals surface area contributed by atoms with Gasteiger partial charge in [0.15, 0.2) is 5.17 Å². The number of aliphatic imine (C=N–C) groups is 1. The highest BCUT2D eigenvalue weighted by Crippen LogP contribution is 2.29. The first-order chi connectivity index (χ1) is 12.4. The van der Waals surface area contributed by atoms with Gasteiger partial charge < -0.3 is 5.32 Å². The van der Waals surface area contributed by atoms with Gasteiger partial charge in [0.2, 0.25) is 11.8 Å². The third-order valence-electron chi connectivity index (χ3n) is 3.72. The smallest absolute Gasteiger partial charge is 0.238 e. The molecule has 0 aromatic heterocycles. The minimum absolute atomic E-state index is 0.123. The number of thioether (sulfide) groups is 1. The molecule has 1 heterocycles. The monoisotopic (exact) mass is 543 g/mol. The number of hydrogen-bond donors (Lipinski definition) is 1. The van der Waals surface area contributed by atoms with Crippen molar-refractivity contribution in [3.63, 3.8) is 0 Å². The lowest BCUT2D eigenvalue weighted by atomic mass is 10.2. The van der Waals surface area contributed by atoms with E-state index in [-0.39, 0.29) is 18.2 Å². The van der Waals surface area contributed by atoms with Crippen LogP contribution in [0.25, 0.3) is 0 Å². The van der Waals surface area contributed by atoms with Crippen molar-refractivity contribution in [1.29, 1.82) is 0 Å². The third kappa shape index (κ3) is 4.86. The lowest BCUT2D eigenvalue weighted by Crippen LogP contribution is -2.43. The van der Waals surface area contributed by atoms with E-state index < -0.39 is 5.25 Å². The maximum absolute atomic E-state index is 12.6. The summed E-state index contributed by atoms with van der Waals surface area (Å²) in [5.41, 5.74) is 1.45. The Labute approximate surface area is 177 Å². The second kappa shape index (κ2) is 8.53. The van der Waals surface area contributed by atoms with Crippen molar-refractivity contribution in [1.82, 2.24) is 4.90 Å². The molecule has 1 aliphatic heterocycles. The topological polar surface area (TPSA) is 61.8 Å². The fourth-order valence-electron chi connectivity index (χ4n) is 2.28. The van der Waals surface area contributed by atoms with E-state index in [2.05, 4.69) is 48.8 Å². The zero-order chi connectivity index (χ0) is 18.7. The first kappa shape index (κ1) is 19.4. The average Bonchev–Trinajstić information content (AvgIpc) is 2.62. The molecular formula is C18H15BrIN3O2S. The number of halogens is 2. The molecule has 5 nitrogen and oxygen atoms in total. The summed E-state index contributed by atoms with van der Waals surface area (Å²) in [6.45, 7) is 0. The van der Waals surface area contributed by atoms with E-state index in [4.69, 9.17) is 0 Å². The van der Waals surface area contributed by atoms with Crippen LogP contribution in [-0.4, -0.2) is 34.2 Å². The van der Waals surface area contributed by atoms with Crippen LogP contribution in [0.3, 0.4) is 0 Å². The minimum atomic E-state index is -0.507. The Kier molecular flexibility index (Phi) is 6.36. The maximum Gasteiger partial charge on any atom is 0.238 e. The second-order valence-electron chi connectivity index (χ2n) is 5.63. The summed E-state index contributed by atoms with van der Waals surface area (Å²) in [6.07, 6.45) is 0.150. The van der Waals surface area contributed by atoms with Crippen LogP contribution in [0.5, 0.6) is 0 Å². The predicted molar refractivity (Wildman–Crippen MR) is 118 cm³/mol. The lowest BCUT2D eigenvalue weighted by molar-refractivity contribution is -0.128. The Morgan fingerprint density at radius 2 is 1.88 bits per heavy atom. The van der Waals surface area contributed by atoms with E-state index in [0.29, 0.717) is 10.9 Å². The second-order valence-corrected chi connectivity index (χ2v) is 8.96. The number of hydrogen-bond acceptors (Lipinski definition) is 4. The van der Waals surface area contributed by atoms with Gasteiger partial charge in [0, 0.05) is 27.2 Å². The van der Waals surface area contributed by atoms with Gasteiger partial charge in [-0.2, -0.15) is 0 Å². The quantitative estimate of drug-likeness (QED) is 0.573. The Morgan fingerprint density at radius 3 is 2.54 bits per heavy atom. The highest BCUT2D eigenvalue weighted by atomic mass is 127. The van der Waals surface area contributed by atoms with Gasteiger partial charge in [-0.25, -0.2) is 4.99 Å². The molecule has 1 unspecified atom stereocenters. The van der Waals surface area contributed by atoms with Crippen LogP contribution in [0.2, 0.25) is 0 Å². The van der Waals surface area contributed by atoms with Gasteiger partial charge in [-0.15, -0.1) is 0 Å². The summed E-state index contributed by atoms with van der Waals surface area (Å²) in [5, 5.41) is 2.88. The number of carbonyl (C=O) groups is 2. The fourth-order valence-corrected chi connectivity index (χ4v) is 3.97. The van der Waals surface area contributed by atoms with Crippen LogP contribution in [0.4, 0.5) is 11.4 Å². The normalized spacial score (nSPS) is 18.9. The zero-order valence-corrected chi connectivity index (χ0v) is 18.3. The van der Waals surface area contributed by atoms with E-state index in [9.17, 15) is 9.59 Å². The molecule has 0 bridgehead atoms. The van der Waals surface area contributed by atoms with Gasteiger partial charge in [0.05, 0.1) is 5.69 Å². The van der Waals surface area contributed by atoms with Crippen molar-refractivity contribution in [3.05, 3.63) is 56.6 Å². The van der Waals surface area contributed by atoms with Crippen LogP contribution in [0.1, 0.15) is 6.42 Å². The van der Waals surface area contributed by atoms with Crippen molar-refractivity contribution in [2.24, 2.45) is 4.99 Å². The number of nitrogens with one attached hydrogen (secondary N) is 1. The predicted octanol–water partition coefficient (Wildman–Crippen LogP) is 4.64. The summed E-state index contributed by atoms with van der Waals surface area (Å²) in [4.78, 5) is 30.9. The summed E-state index contributed by atoms with van der Waals surface area (Å²) in [7, 11) is 1.68. The number of carbonyl (C=O) groups excluding carboxylic acids is 2. The Bertz CT molecular complexity index is 856. The number of rotatable bonds is 3. The van der Waals surface area contributed by atoms with Crippen molar-refractivity contribution in [2.45, 2.75) is 11.7 Å². The third-order valence-corrected chi connectivity index (χ3v) is 6.21. The number of amidine groups is 1. The molecule has 1 N–H and O–H groups in total. The van der Waals surface area contributed by atoms with E-state index >= 15 is 0 Å². The van der Waals surface area contributed by atoms with Crippen molar-refractivity contribution in [3.8, 4) is 0 Å². The lowest BCUT2D eigenvalue weighted by Gasteiger charge is -2.28. The molecule has 1 aliphatic rings. The fraction of sp³-hybridized carbons (Fsp3) is 0.167. The van der Waals surface area contributed by atoms with E-state index in [0.717, 1.165) is 13.7 Å². The summed E-state index contributed by atoms with van der Waals surface area (Å²) < 4.78 is 2.05. The number of benzene rings is 2. The Morgan fingerprint density at radius 1 is 1.23 bits per heavy atom. The van der Waals surface area contributed by atoms with E-state index in [1.54, 1.807) is 7.05 Å². The molecule has 0 radical (unpaired) electrons. The molecule has 2 aromatic carbocycles. The molecular weight excluding hydrogens is 529 g/mol. The van der Waals surface area contributed by atoms with Crippen LogP contribution < -0.4 is 5.32 Å². The number of amides is 2. The van der Waals surface area contributed by atoms with Gasteiger partial charge in [-0.3, -0.25) is 14.5 Å². The molecule has 1 saturated heterocycles. The van der Waals surface area contributed by atoms with Crippen molar-refractivity contribution < 1.29 is 9.59 Å². The molecule has 3 rings (SSSR count). The highest BCUT2D eigenvalue weighted by molar-refractivity contribution is 14.1. The van der Waals surface area contributed by atoms with Crippen LogP contribution in [-0.2, 0) is 9.59 Å². The highest BCUT2D eigenvalue weighted by Gasteiger charge is 2.34. The molecule has 26 heavy (non-hydrogen) atoms. The first-order valence-corrected chi connectivity index (χ1v) is 10.5. The maximum atomic E-state index is 12.6. The van der Waals surface area contributed by atoms with Crippen LogP contribution in [0.15, 0.2) is 58.0 Å². The molecule has 0 aliphatic carbocycles. The van der Waals surface area contributed by atoms with Gasteiger partial charge in [-0.1, -0.05) is 27.7 Å². The Hall–Kier alpha value is -1.39. The van der Waals surface area contributed by atoms with Gasteiger partial charge in [0.25, 0.3) is 0 Å². The van der Waals surface area contributed by atoms with Crippen molar-refractivity contribution >= 4 is 78.6 Å². The van der Waals surface area contributed by atoms with Crippen LogP contribution >= 0.6 is 50.3 Å². The molecule has 8 heteroatoms. The number of nitrogens with zero attached hydrogens (tertiary/aromatic N) is 2. The van der Waals surface area contributed by atoms with Crippen LogP contribution in [0, 0.1) is 3.57 Å². The number of anilines is 1. The standard InChI is InChI=1S/C18H15BrIN3O2S/c1-23-16(24)10-15(17(25)21-13-8-4-12(20)5-9-13)26-18(23)22-14-6-2-11(19)3-7-14/h2-9,15H,10H2,1H3,(H,21,25). The SMILES string of the molecule is CN1C(=O)CC(C(=O)Nc2ccc(I)cc2)SC1=Nc1ccc(Br)cc1. The summed E-state index contributed by atoms with van der Waals surface area (Å²) >= 11 is 6.90. The largest absolute Gasteiger partial charge is 0.325 e. The minimum Gasteiger partial charge on any atom is -0.325 e. The average molecular weight is 544 g/mol. The van der Waals surface area contributed by atoms with Gasteiger partial charge in [0.1, 0.15) is 5.25 Å². The van der Waals surface area contributed by atoms with Gasteiger partial charge >= 0.3 is 0 Å². The van der Waals surface area contributed by atoms with E-state index in [1.165, 1.54) is 16.7 Å². The van der Waals surface area contributed by atoms with Gasteiger partial charge in [-0.05, 0) is 71.1 Å². The molecule has 134 valence electrons. The summed E-state index contributed by atoms with van der Waals surface area (Å²) in [6, 6.07) is 15.0. The van der Waals surface area contributed by atoms with Crippen molar-refractivity contribution in [2.75, 3.05) is 12.4 Å². The summed E-state index contributed by atoms with van der Waals surface area (Å²) in [5.74, 6) is -0.316. The Balaban J connectivity index is 1.76. The van der Waals surface area contributed by atoms with E-state index in [1.807, 2.05) is 48.5 Å². The zero-order valence-electron chi connectivity index (χ0n) is 13.8. The molecule has 1 fully saturated rings. The molecule has 0 saturated carbocycles.